The van der Waals surface area contributed by atoms with Crippen molar-refractivity contribution in [1.82, 2.24) is 4.98 Å². The van der Waals surface area contributed by atoms with E-state index in [2.05, 4.69) is 26.2 Å². The van der Waals surface area contributed by atoms with Gasteiger partial charge in [-0.05, 0) is 53.2 Å². The van der Waals surface area contributed by atoms with E-state index in [-0.39, 0.29) is 5.56 Å². The van der Waals surface area contributed by atoms with Crippen LogP contribution in [0.2, 0.25) is 5.02 Å². The third-order valence-corrected chi connectivity index (χ3v) is 3.39. The summed E-state index contributed by atoms with van der Waals surface area (Å²) in [4.78, 5) is 27.8. The highest BCUT2D eigenvalue weighted by molar-refractivity contribution is 9.10. The molecule has 2 rings (SSSR count). The molecule has 0 saturated heterocycles. The molecular formula is C15H12BrClN2O3. The lowest BCUT2D eigenvalue weighted by molar-refractivity contribution is -0.123. The van der Waals surface area contributed by atoms with Crippen LogP contribution in [0, 0.1) is 0 Å². The second kappa shape index (κ2) is 7.38. The number of carbonyl (C=O) groups excluding carboxylic acids is 2. The molecule has 0 saturated carbocycles. The highest BCUT2D eigenvalue weighted by Crippen LogP contribution is 2.15. The van der Waals surface area contributed by atoms with Gasteiger partial charge in [-0.15, -0.1) is 0 Å². The number of pyridine rings is 1. The van der Waals surface area contributed by atoms with Gasteiger partial charge in [0.2, 0.25) is 0 Å². The minimum atomic E-state index is -0.942. The lowest BCUT2D eigenvalue weighted by Crippen LogP contribution is -2.30. The summed E-state index contributed by atoms with van der Waals surface area (Å²) in [5.74, 6) is -1.05. The van der Waals surface area contributed by atoms with Gasteiger partial charge in [-0.1, -0.05) is 11.6 Å². The fourth-order valence-corrected chi connectivity index (χ4v) is 2.07. The molecule has 7 heteroatoms. The summed E-state index contributed by atoms with van der Waals surface area (Å²) in [5.41, 5.74) is 0.835. The van der Waals surface area contributed by atoms with Crippen LogP contribution in [-0.4, -0.2) is 23.0 Å². The first-order valence-electron chi connectivity index (χ1n) is 6.33. The maximum Gasteiger partial charge on any atom is 0.340 e. The molecule has 1 aromatic heterocycles. The van der Waals surface area contributed by atoms with Crippen molar-refractivity contribution in [3.63, 3.8) is 0 Å². The summed E-state index contributed by atoms with van der Waals surface area (Å²) < 4.78 is 5.76. The third-order valence-electron chi connectivity index (χ3n) is 2.71. The maximum absolute atomic E-state index is 12.0. The lowest BCUT2D eigenvalue weighted by Gasteiger charge is -2.13. The predicted octanol–water partition coefficient (Wildman–Crippen LogP) is 3.68. The molecule has 0 spiro atoms. The van der Waals surface area contributed by atoms with Crippen LogP contribution < -0.4 is 5.32 Å². The molecule has 114 valence electrons. The van der Waals surface area contributed by atoms with Gasteiger partial charge in [-0.3, -0.25) is 9.78 Å². The molecule has 0 aliphatic carbocycles. The van der Waals surface area contributed by atoms with Gasteiger partial charge in [0.25, 0.3) is 5.91 Å². The number of esters is 1. The Morgan fingerprint density at radius 1 is 1.27 bits per heavy atom. The maximum atomic E-state index is 12.0. The Balaban J connectivity index is 1.96. The van der Waals surface area contributed by atoms with Gasteiger partial charge in [-0.2, -0.15) is 0 Å². The van der Waals surface area contributed by atoms with Crippen molar-refractivity contribution in [2.75, 3.05) is 5.32 Å². The molecule has 1 N–H and O–H groups in total. The zero-order valence-corrected chi connectivity index (χ0v) is 13.9. The monoisotopic (exact) mass is 382 g/mol. The summed E-state index contributed by atoms with van der Waals surface area (Å²) in [7, 11) is 0. The van der Waals surface area contributed by atoms with Gasteiger partial charge < -0.3 is 10.1 Å². The van der Waals surface area contributed by atoms with Crippen molar-refractivity contribution in [2.45, 2.75) is 13.0 Å². The molecule has 5 nitrogen and oxygen atoms in total. The number of halogens is 2. The van der Waals surface area contributed by atoms with Crippen LogP contribution in [0.25, 0.3) is 0 Å². The van der Waals surface area contributed by atoms with Crippen LogP contribution >= 0.6 is 27.5 Å². The van der Waals surface area contributed by atoms with Gasteiger partial charge in [0.1, 0.15) is 0 Å². The number of hydrogen-bond acceptors (Lipinski definition) is 4. The number of amides is 1. The highest BCUT2D eigenvalue weighted by atomic mass is 79.9. The topological polar surface area (TPSA) is 68.3 Å². The summed E-state index contributed by atoms with van der Waals surface area (Å²) in [6.07, 6.45) is 1.98. The minimum absolute atomic E-state index is 0.264. The first kappa shape index (κ1) is 16.5. The molecular weight excluding hydrogens is 372 g/mol. The number of rotatable bonds is 4. The Morgan fingerprint density at radius 3 is 2.59 bits per heavy atom. The summed E-state index contributed by atoms with van der Waals surface area (Å²) in [5, 5.41) is 3.21. The summed E-state index contributed by atoms with van der Waals surface area (Å²) in [6, 6.07) is 8.20. The molecule has 2 aromatic rings. The molecule has 22 heavy (non-hydrogen) atoms. The number of aromatic nitrogens is 1. The second-order valence-electron chi connectivity index (χ2n) is 4.44. The van der Waals surface area contributed by atoms with Gasteiger partial charge in [0.15, 0.2) is 6.10 Å². The number of carbonyl (C=O) groups is 2. The van der Waals surface area contributed by atoms with Gasteiger partial charge in [0.05, 0.1) is 5.56 Å². The Labute approximate surface area is 140 Å². The zero-order chi connectivity index (χ0) is 16.1. The Kier molecular flexibility index (Phi) is 5.51. The SMILES string of the molecule is C[C@@H](OC(=O)c1cncc(Br)c1)C(=O)Nc1ccc(Cl)cc1. The smallest absolute Gasteiger partial charge is 0.340 e. The number of nitrogens with one attached hydrogen (secondary N) is 1. The van der Waals surface area contributed by atoms with E-state index < -0.39 is 18.0 Å². The summed E-state index contributed by atoms with van der Waals surface area (Å²) >= 11 is 8.98. The van der Waals surface area contributed by atoms with E-state index in [1.807, 2.05) is 0 Å². The van der Waals surface area contributed by atoms with Crippen molar-refractivity contribution in [3.05, 3.63) is 57.8 Å². The number of ether oxygens (including phenoxy) is 1. The zero-order valence-electron chi connectivity index (χ0n) is 11.5. The molecule has 0 aliphatic rings. The van der Waals surface area contributed by atoms with E-state index in [4.69, 9.17) is 16.3 Å². The number of nitrogens with zero attached hydrogens (tertiary/aromatic N) is 1. The minimum Gasteiger partial charge on any atom is -0.449 e. The Morgan fingerprint density at radius 2 is 1.95 bits per heavy atom. The Hall–Kier alpha value is -1.92. The van der Waals surface area contributed by atoms with Crippen LogP contribution in [-0.2, 0) is 9.53 Å². The highest BCUT2D eigenvalue weighted by Gasteiger charge is 2.19. The molecule has 0 fully saturated rings. The van der Waals surface area contributed by atoms with Gasteiger partial charge in [-0.25, -0.2) is 4.79 Å². The van der Waals surface area contributed by atoms with Crippen LogP contribution in [0.1, 0.15) is 17.3 Å². The molecule has 1 heterocycles. The molecule has 1 atom stereocenters. The van der Waals surface area contributed by atoms with Crippen LogP contribution in [0.15, 0.2) is 47.2 Å². The number of anilines is 1. The van der Waals surface area contributed by atoms with E-state index in [0.29, 0.717) is 15.2 Å². The number of hydrogen-bond donors (Lipinski definition) is 1. The summed E-state index contributed by atoms with van der Waals surface area (Å²) in [6.45, 7) is 1.49. The van der Waals surface area contributed by atoms with Crippen LogP contribution in [0.4, 0.5) is 5.69 Å². The lowest BCUT2D eigenvalue weighted by atomic mass is 10.2. The van der Waals surface area contributed by atoms with Crippen LogP contribution in [0.3, 0.4) is 0 Å². The third kappa shape index (κ3) is 4.54. The van der Waals surface area contributed by atoms with E-state index in [1.165, 1.54) is 13.1 Å². The normalized spacial score (nSPS) is 11.6. The first-order valence-corrected chi connectivity index (χ1v) is 7.51. The van der Waals surface area contributed by atoms with Crippen molar-refractivity contribution < 1.29 is 14.3 Å². The van der Waals surface area contributed by atoms with E-state index in [9.17, 15) is 9.59 Å². The second-order valence-corrected chi connectivity index (χ2v) is 5.79. The molecule has 0 aliphatic heterocycles. The van der Waals surface area contributed by atoms with Crippen molar-refractivity contribution in [1.29, 1.82) is 0 Å². The molecule has 1 aromatic carbocycles. The molecule has 1 amide bonds. The van der Waals surface area contributed by atoms with Crippen molar-refractivity contribution in [2.24, 2.45) is 0 Å². The first-order chi connectivity index (χ1) is 10.5. The average Bonchev–Trinajstić information content (AvgIpc) is 2.49. The van der Waals surface area contributed by atoms with E-state index in [0.717, 1.165) is 0 Å². The quantitative estimate of drug-likeness (QED) is 0.818. The Bertz CT molecular complexity index is 691. The molecule has 0 bridgehead atoms. The average molecular weight is 384 g/mol. The van der Waals surface area contributed by atoms with Gasteiger partial charge in [0, 0.05) is 27.6 Å². The fourth-order valence-electron chi connectivity index (χ4n) is 1.58. The largest absolute Gasteiger partial charge is 0.449 e. The van der Waals surface area contributed by atoms with E-state index in [1.54, 1.807) is 36.5 Å². The standard InChI is InChI=1S/C15H12BrClN2O3/c1-9(14(20)19-13-4-2-12(17)3-5-13)22-15(21)10-6-11(16)8-18-7-10/h2-9H,1H3,(H,19,20)/t9-/m1/s1. The fraction of sp³-hybridized carbons (Fsp3) is 0.133. The molecule has 0 radical (unpaired) electrons. The predicted molar refractivity (Wildman–Crippen MR) is 86.9 cm³/mol. The number of benzene rings is 1. The van der Waals surface area contributed by atoms with Crippen molar-refractivity contribution >= 4 is 45.1 Å². The van der Waals surface area contributed by atoms with E-state index >= 15 is 0 Å². The van der Waals surface area contributed by atoms with Crippen LogP contribution in [0.5, 0.6) is 0 Å². The van der Waals surface area contributed by atoms with Crippen molar-refractivity contribution in [3.8, 4) is 0 Å². The molecule has 0 unspecified atom stereocenters. The van der Waals surface area contributed by atoms with Gasteiger partial charge >= 0.3 is 5.97 Å².